The predicted octanol–water partition coefficient (Wildman–Crippen LogP) is 2.76. The van der Waals surface area contributed by atoms with Crippen molar-refractivity contribution < 1.29 is 4.74 Å². The third-order valence-electron chi connectivity index (χ3n) is 2.12. The van der Waals surface area contributed by atoms with E-state index in [0.717, 1.165) is 15.9 Å². The van der Waals surface area contributed by atoms with Gasteiger partial charge in [-0.2, -0.15) is 0 Å². The molecule has 0 radical (unpaired) electrons. The van der Waals surface area contributed by atoms with Crippen molar-refractivity contribution in [2.45, 2.75) is 6.61 Å². The van der Waals surface area contributed by atoms with Gasteiger partial charge in [-0.15, -0.1) is 0 Å². The monoisotopic (exact) mass is 266 g/mol. The van der Waals surface area contributed by atoms with Crippen molar-refractivity contribution in [3.05, 3.63) is 47.0 Å². The largest absolute Gasteiger partial charge is 0.487 e. The molecule has 15 heavy (non-hydrogen) atoms. The molecule has 78 valence electrons. The number of hydrogen-bond acceptors (Lipinski definition) is 2. The minimum Gasteiger partial charge on any atom is -0.487 e. The van der Waals surface area contributed by atoms with E-state index < -0.39 is 0 Å². The van der Waals surface area contributed by atoms with Gasteiger partial charge in [-0.25, -0.2) is 4.98 Å². The SMILES string of the molecule is Cn1cncc1COc1ccc(Br)cc1. The van der Waals surface area contributed by atoms with Crippen LogP contribution in [0.15, 0.2) is 41.3 Å². The Morgan fingerprint density at radius 3 is 2.67 bits per heavy atom. The van der Waals surface area contributed by atoms with Gasteiger partial charge in [-0.05, 0) is 24.3 Å². The van der Waals surface area contributed by atoms with Crippen molar-refractivity contribution in [1.29, 1.82) is 0 Å². The van der Waals surface area contributed by atoms with Crippen LogP contribution < -0.4 is 4.74 Å². The van der Waals surface area contributed by atoms with Gasteiger partial charge in [0.15, 0.2) is 0 Å². The Kier molecular flexibility index (Phi) is 3.06. The van der Waals surface area contributed by atoms with Gasteiger partial charge in [0.1, 0.15) is 12.4 Å². The molecular weight excluding hydrogens is 256 g/mol. The van der Waals surface area contributed by atoms with E-state index in [4.69, 9.17) is 4.74 Å². The van der Waals surface area contributed by atoms with Crippen LogP contribution in [0, 0.1) is 0 Å². The van der Waals surface area contributed by atoms with Crippen LogP contribution in [0.4, 0.5) is 0 Å². The van der Waals surface area contributed by atoms with Crippen molar-refractivity contribution in [1.82, 2.24) is 9.55 Å². The predicted molar refractivity (Wildman–Crippen MR) is 61.7 cm³/mol. The molecule has 3 nitrogen and oxygen atoms in total. The first-order valence-electron chi connectivity index (χ1n) is 4.59. The highest BCUT2D eigenvalue weighted by atomic mass is 79.9. The lowest BCUT2D eigenvalue weighted by atomic mass is 10.3. The maximum Gasteiger partial charge on any atom is 0.130 e. The molecule has 4 heteroatoms. The van der Waals surface area contributed by atoms with Gasteiger partial charge >= 0.3 is 0 Å². The van der Waals surface area contributed by atoms with E-state index in [0.29, 0.717) is 6.61 Å². The van der Waals surface area contributed by atoms with E-state index in [1.165, 1.54) is 0 Å². The zero-order chi connectivity index (χ0) is 10.7. The minimum atomic E-state index is 0.540. The molecule has 0 aliphatic heterocycles. The third-order valence-corrected chi connectivity index (χ3v) is 2.65. The Morgan fingerprint density at radius 1 is 1.33 bits per heavy atom. The maximum atomic E-state index is 5.60. The fourth-order valence-corrected chi connectivity index (χ4v) is 1.48. The molecule has 0 fully saturated rings. The molecule has 0 N–H and O–H groups in total. The minimum absolute atomic E-state index is 0.540. The quantitative estimate of drug-likeness (QED) is 0.855. The lowest BCUT2D eigenvalue weighted by molar-refractivity contribution is 0.297. The van der Waals surface area contributed by atoms with Crippen molar-refractivity contribution in [2.24, 2.45) is 7.05 Å². The van der Waals surface area contributed by atoms with Gasteiger partial charge in [-0.3, -0.25) is 0 Å². The molecule has 0 spiro atoms. The van der Waals surface area contributed by atoms with Gasteiger partial charge in [0.05, 0.1) is 18.2 Å². The molecule has 0 aliphatic rings. The number of nitrogens with zero attached hydrogens (tertiary/aromatic N) is 2. The van der Waals surface area contributed by atoms with Gasteiger partial charge in [0.2, 0.25) is 0 Å². The molecule has 0 atom stereocenters. The highest BCUT2D eigenvalue weighted by Crippen LogP contribution is 2.17. The van der Waals surface area contributed by atoms with Crippen molar-refractivity contribution in [3.63, 3.8) is 0 Å². The van der Waals surface area contributed by atoms with E-state index in [-0.39, 0.29) is 0 Å². The second-order valence-electron chi connectivity index (χ2n) is 3.24. The fraction of sp³-hybridized carbons (Fsp3) is 0.182. The summed E-state index contributed by atoms with van der Waals surface area (Å²) in [6, 6.07) is 7.78. The molecule has 0 saturated carbocycles. The van der Waals surface area contributed by atoms with E-state index in [1.54, 1.807) is 12.5 Å². The number of aromatic nitrogens is 2. The number of imidazole rings is 1. The summed E-state index contributed by atoms with van der Waals surface area (Å²) in [5.74, 6) is 0.861. The van der Waals surface area contributed by atoms with E-state index >= 15 is 0 Å². The first-order valence-corrected chi connectivity index (χ1v) is 5.38. The molecule has 0 unspecified atom stereocenters. The lowest BCUT2D eigenvalue weighted by Crippen LogP contribution is -2.00. The molecule has 1 heterocycles. The first kappa shape index (κ1) is 10.2. The average molecular weight is 267 g/mol. The average Bonchev–Trinajstić information content (AvgIpc) is 2.63. The van der Waals surface area contributed by atoms with Crippen LogP contribution in [0.1, 0.15) is 5.69 Å². The number of aryl methyl sites for hydroxylation is 1. The molecule has 0 amide bonds. The van der Waals surface area contributed by atoms with Gasteiger partial charge in [0, 0.05) is 11.5 Å². The molecule has 0 saturated heterocycles. The van der Waals surface area contributed by atoms with Gasteiger partial charge in [-0.1, -0.05) is 15.9 Å². The molecule has 2 rings (SSSR count). The smallest absolute Gasteiger partial charge is 0.130 e. The first-order chi connectivity index (χ1) is 7.25. The molecule has 1 aromatic heterocycles. The Morgan fingerprint density at radius 2 is 2.07 bits per heavy atom. The number of hydrogen-bond donors (Lipinski definition) is 0. The third kappa shape index (κ3) is 2.59. The summed E-state index contributed by atoms with van der Waals surface area (Å²) in [5.41, 5.74) is 1.05. The van der Waals surface area contributed by atoms with Crippen molar-refractivity contribution >= 4 is 15.9 Å². The van der Waals surface area contributed by atoms with Gasteiger partial charge < -0.3 is 9.30 Å². The van der Waals surface area contributed by atoms with Crippen LogP contribution >= 0.6 is 15.9 Å². The topological polar surface area (TPSA) is 27.1 Å². The van der Waals surface area contributed by atoms with Crippen LogP contribution in [-0.2, 0) is 13.7 Å². The van der Waals surface area contributed by atoms with Crippen molar-refractivity contribution in [3.8, 4) is 5.75 Å². The summed E-state index contributed by atoms with van der Waals surface area (Å²) in [5, 5.41) is 0. The summed E-state index contributed by atoms with van der Waals surface area (Å²) in [4.78, 5) is 4.02. The summed E-state index contributed by atoms with van der Waals surface area (Å²) < 4.78 is 8.60. The zero-order valence-corrected chi connectivity index (χ0v) is 9.94. The highest BCUT2D eigenvalue weighted by Gasteiger charge is 1.99. The molecule has 1 aromatic carbocycles. The summed E-state index contributed by atoms with van der Waals surface area (Å²) in [7, 11) is 1.95. The number of benzene rings is 1. The Bertz CT molecular complexity index is 436. The highest BCUT2D eigenvalue weighted by molar-refractivity contribution is 9.10. The van der Waals surface area contributed by atoms with E-state index in [2.05, 4.69) is 20.9 Å². The molecule has 2 aromatic rings. The summed E-state index contributed by atoms with van der Waals surface area (Å²) >= 11 is 3.38. The van der Waals surface area contributed by atoms with Crippen LogP contribution in [0.2, 0.25) is 0 Å². The van der Waals surface area contributed by atoms with Gasteiger partial charge in [0.25, 0.3) is 0 Å². The normalized spacial score (nSPS) is 10.3. The molecule has 0 aliphatic carbocycles. The summed E-state index contributed by atoms with van der Waals surface area (Å²) in [6.45, 7) is 0.540. The molecule has 0 bridgehead atoms. The van der Waals surface area contributed by atoms with Crippen LogP contribution in [0.25, 0.3) is 0 Å². The maximum absolute atomic E-state index is 5.60. The number of rotatable bonds is 3. The Hall–Kier alpha value is -1.29. The number of halogens is 1. The fourth-order valence-electron chi connectivity index (χ4n) is 1.21. The lowest BCUT2D eigenvalue weighted by Gasteiger charge is -2.06. The van der Waals surface area contributed by atoms with E-state index in [9.17, 15) is 0 Å². The van der Waals surface area contributed by atoms with Crippen molar-refractivity contribution in [2.75, 3.05) is 0 Å². The second-order valence-corrected chi connectivity index (χ2v) is 4.15. The van der Waals surface area contributed by atoms with Crippen LogP contribution in [-0.4, -0.2) is 9.55 Å². The molecular formula is C11H11BrN2O. The Labute approximate surface area is 96.8 Å². The Balaban J connectivity index is 1.99. The second kappa shape index (κ2) is 4.49. The summed E-state index contributed by atoms with van der Waals surface area (Å²) in [6.07, 6.45) is 3.57. The number of ether oxygens (including phenoxy) is 1. The van der Waals surface area contributed by atoms with Crippen LogP contribution in [0.3, 0.4) is 0 Å². The van der Waals surface area contributed by atoms with E-state index in [1.807, 2.05) is 35.9 Å². The van der Waals surface area contributed by atoms with Crippen LogP contribution in [0.5, 0.6) is 5.75 Å². The zero-order valence-electron chi connectivity index (χ0n) is 8.35. The standard InChI is InChI=1S/C11H11BrN2O/c1-14-8-13-6-10(14)7-15-11-4-2-9(12)3-5-11/h2-6,8H,7H2,1H3.